The second kappa shape index (κ2) is 9.63. The van der Waals surface area contributed by atoms with Crippen LogP contribution in [0.1, 0.15) is 31.2 Å². The summed E-state index contributed by atoms with van der Waals surface area (Å²) in [4.78, 5) is 24.3. The first kappa shape index (κ1) is 22.5. The molecule has 158 valence electrons. The van der Waals surface area contributed by atoms with Crippen molar-refractivity contribution in [3.8, 4) is 11.8 Å². The molecule has 0 saturated carbocycles. The van der Waals surface area contributed by atoms with Gasteiger partial charge in [-0.25, -0.2) is 9.97 Å². The lowest BCUT2D eigenvalue weighted by Gasteiger charge is -2.35. The third kappa shape index (κ3) is 5.86. The van der Waals surface area contributed by atoms with E-state index in [0.717, 1.165) is 11.6 Å². The predicted molar refractivity (Wildman–Crippen MR) is 107 cm³/mol. The van der Waals surface area contributed by atoms with Crippen LogP contribution in [0.25, 0.3) is 0 Å². The summed E-state index contributed by atoms with van der Waals surface area (Å²) in [5.41, 5.74) is 0.773. The van der Waals surface area contributed by atoms with Crippen molar-refractivity contribution in [1.29, 1.82) is 0 Å². The van der Waals surface area contributed by atoms with Crippen LogP contribution in [0.2, 0.25) is 0 Å². The maximum Gasteiger partial charge on any atom is 0.391 e. The summed E-state index contributed by atoms with van der Waals surface area (Å²) in [5.74, 6) is 5.77. The Kier molecular flexibility index (Phi) is 7.48. The van der Waals surface area contributed by atoms with Crippen molar-refractivity contribution < 1.29 is 18.0 Å². The average Bonchev–Trinajstić information content (AvgIpc) is 2.70. The molecule has 1 aliphatic rings. The number of nitrogens with zero attached hydrogens (tertiary/aromatic N) is 4. The van der Waals surface area contributed by atoms with Gasteiger partial charge in [-0.05, 0) is 32.8 Å². The van der Waals surface area contributed by atoms with Crippen LogP contribution in [-0.4, -0.2) is 48.7 Å². The molecule has 0 radical (unpaired) electrons. The van der Waals surface area contributed by atoms with E-state index in [-0.39, 0.29) is 38.4 Å². The van der Waals surface area contributed by atoms with E-state index in [4.69, 9.17) is 0 Å². The van der Waals surface area contributed by atoms with Crippen LogP contribution in [0.3, 0.4) is 0 Å². The standard InChI is InChI=1S/C20H26F3N5O/c1-5-7-10-27(4)18-14(3)19(26-16(25-18)13-24-17(29)6-2)28-11-8-15(9-12-28)20(21,22)23/h6,15H,2,8-13H2,1,3-4H3,(H,24,29). The number of hydrogen-bond acceptors (Lipinski definition) is 5. The highest BCUT2D eigenvalue weighted by Crippen LogP contribution is 2.36. The number of hydrogen-bond donors (Lipinski definition) is 1. The monoisotopic (exact) mass is 409 g/mol. The molecule has 0 spiro atoms. The fraction of sp³-hybridized carbons (Fsp3) is 0.550. The summed E-state index contributed by atoms with van der Waals surface area (Å²) in [6, 6.07) is 0. The van der Waals surface area contributed by atoms with Gasteiger partial charge in [-0.1, -0.05) is 12.5 Å². The molecule has 1 aliphatic heterocycles. The van der Waals surface area contributed by atoms with Crippen molar-refractivity contribution in [3.63, 3.8) is 0 Å². The number of carbonyl (C=O) groups is 1. The van der Waals surface area contributed by atoms with Gasteiger partial charge in [0, 0.05) is 25.7 Å². The van der Waals surface area contributed by atoms with Gasteiger partial charge in [0.2, 0.25) is 5.91 Å². The van der Waals surface area contributed by atoms with Crippen molar-refractivity contribution in [3.05, 3.63) is 24.0 Å². The summed E-state index contributed by atoms with van der Waals surface area (Å²) in [7, 11) is 1.84. The maximum absolute atomic E-state index is 13.0. The molecule has 1 fully saturated rings. The second-order valence-electron chi connectivity index (χ2n) is 6.92. The van der Waals surface area contributed by atoms with Gasteiger partial charge in [0.05, 0.1) is 19.0 Å². The lowest BCUT2D eigenvalue weighted by molar-refractivity contribution is -0.179. The molecule has 1 aromatic rings. The van der Waals surface area contributed by atoms with Crippen molar-refractivity contribution >= 4 is 17.5 Å². The van der Waals surface area contributed by atoms with Crippen LogP contribution in [0.5, 0.6) is 0 Å². The maximum atomic E-state index is 13.0. The first-order chi connectivity index (χ1) is 13.7. The molecule has 0 bridgehead atoms. The molecule has 2 heterocycles. The Morgan fingerprint density at radius 1 is 1.38 bits per heavy atom. The van der Waals surface area contributed by atoms with Crippen LogP contribution >= 0.6 is 0 Å². The number of anilines is 2. The van der Waals surface area contributed by atoms with Crippen molar-refractivity contribution in [2.45, 2.75) is 39.4 Å². The van der Waals surface area contributed by atoms with Gasteiger partial charge in [0.1, 0.15) is 11.6 Å². The molecule has 0 aliphatic carbocycles. The molecule has 6 nitrogen and oxygen atoms in total. The molecule has 1 saturated heterocycles. The lowest BCUT2D eigenvalue weighted by atomic mass is 9.96. The van der Waals surface area contributed by atoms with Gasteiger partial charge in [0.25, 0.3) is 0 Å². The first-order valence-electron chi connectivity index (χ1n) is 9.37. The van der Waals surface area contributed by atoms with Gasteiger partial charge in [-0.2, -0.15) is 13.2 Å². The molecule has 0 atom stereocenters. The van der Waals surface area contributed by atoms with E-state index >= 15 is 0 Å². The van der Waals surface area contributed by atoms with Gasteiger partial charge >= 0.3 is 6.18 Å². The van der Waals surface area contributed by atoms with Gasteiger partial charge in [-0.15, -0.1) is 5.92 Å². The van der Waals surface area contributed by atoms with Crippen molar-refractivity contribution in [1.82, 2.24) is 15.3 Å². The SMILES string of the molecule is C=CC(=O)NCc1nc(N(C)CC#CC)c(C)c(N2CCC(C(F)(F)F)CC2)n1. The number of amides is 1. The van der Waals surface area contributed by atoms with Gasteiger partial charge < -0.3 is 15.1 Å². The predicted octanol–water partition coefficient (Wildman–Crippen LogP) is 2.83. The summed E-state index contributed by atoms with van der Waals surface area (Å²) in [6.07, 6.45) is -2.96. The molecule has 0 aromatic carbocycles. The number of rotatable bonds is 6. The number of nitrogens with one attached hydrogen (secondary N) is 1. The molecule has 2 rings (SSSR count). The van der Waals surface area contributed by atoms with E-state index in [9.17, 15) is 18.0 Å². The molecular formula is C20H26F3N5O. The molecular weight excluding hydrogens is 383 g/mol. The quantitative estimate of drug-likeness (QED) is 0.578. The molecule has 9 heteroatoms. The number of alkyl halides is 3. The Hall–Kier alpha value is -2.76. The molecule has 1 N–H and O–H groups in total. The van der Waals surface area contributed by atoms with E-state index in [1.807, 2.05) is 23.8 Å². The van der Waals surface area contributed by atoms with Gasteiger partial charge in [0.15, 0.2) is 5.82 Å². The molecule has 29 heavy (non-hydrogen) atoms. The van der Waals surface area contributed by atoms with Crippen LogP contribution < -0.4 is 15.1 Å². The molecule has 1 amide bonds. The Labute approximate surface area is 169 Å². The van der Waals surface area contributed by atoms with Crippen LogP contribution in [0.4, 0.5) is 24.8 Å². The van der Waals surface area contributed by atoms with E-state index in [1.54, 1.807) is 6.92 Å². The highest BCUT2D eigenvalue weighted by atomic mass is 19.4. The topological polar surface area (TPSA) is 61.4 Å². The number of carbonyl (C=O) groups excluding carboxylic acids is 1. The zero-order chi connectivity index (χ0) is 21.6. The Morgan fingerprint density at radius 3 is 2.59 bits per heavy atom. The minimum absolute atomic E-state index is 0.0297. The van der Waals surface area contributed by atoms with Crippen molar-refractivity contribution in [2.24, 2.45) is 5.92 Å². The largest absolute Gasteiger partial charge is 0.391 e. The number of piperidine rings is 1. The minimum Gasteiger partial charge on any atom is -0.356 e. The molecule has 0 unspecified atom stereocenters. The first-order valence-corrected chi connectivity index (χ1v) is 9.37. The van der Waals surface area contributed by atoms with Crippen LogP contribution in [0, 0.1) is 24.7 Å². The summed E-state index contributed by atoms with van der Waals surface area (Å²) in [5, 5.41) is 2.64. The Morgan fingerprint density at radius 2 is 2.03 bits per heavy atom. The third-order valence-electron chi connectivity index (χ3n) is 4.86. The Bertz CT molecular complexity index is 805. The number of aromatic nitrogens is 2. The average molecular weight is 409 g/mol. The molecule has 1 aromatic heterocycles. The fourth-order valence-electron chi connectivity index (χ4n) is 3.23. The van der Waals surface area contributed by atoms with Crippen LogP contribution in [-0.2, 0) is 11.3 Å². The third-order valence-corrected chi connectivity index (χ3v) is 4.86. The van der Waals surface area contributed by atoms with E-state index < -0.39 is 12.1 Å². The number of halogens is 3. The van der Waals surface area contributed by atoms with E-state index in [1.165, 1.54) is 0 Å². The second-order valence-corrected chi connectivity index (χ2v) is 6.92. The normalized spacial score (nSPS) is 14.8. The highest BCUT2D eigenvalue weighted by Gasteiger charge is 2.41. The zero-order valence-electron chi connectivity index (χ0n) is 16.9. The summed E-state index contributed by atoms with van der Waals surface area (Å²) >= 11 is 0. The fourth-order valence-corrected chi connectivity index (χ4v) is 3.23. The minimum atomic E-state index is -4.17. The van der Waals surface area contributed by atoms with E-state index in [0.29, 0.717) is 24.0 Å². The van der Waals surface area contributed by atoms with Gasteiger partial charge in [-0.3, -0.25) is 4.79 Å². The van der Waals surface area contributed by atoms with Crippen molar-refractivity contribution in [2.75, 3.05) is 36.5 Å². The smallest absolute Gasteiger partial charge is 0.356 e. The van der Waals surface area contributed by atoms with Crippen LogP contribution in [0.15, 0.2) is 12.7 Å². The lowest BCUT2D eigenvalue weighted by Crippen LogP contribution is -2.40. The summed E-state index contributed by atoms with van der Waals surface area (Å²) in [6.45, 7) is 8.07. The summed E-state index contributed by atoms with van der Waals surface area (Å²) < 4.78 is 39.0. The zero-order valence-corrected chi connectivity index (χ0v) is 16.9. The highest BCUT2D eigenvalue weighted by molar-refractivity contribution is 5.86. The van der Waals surface area contributed by atoms with E-state index in [2.05, 4.69) is 33.7 Å². The Balaban J connectivity index is 2.32.